The van der Waals surface area contributed by atoms with Gasteiger partial charge in [0.15, 0.2) is 0 Å². The second-order valence-electron chi connectivity index (χ2n) is 4.89. The van der Waals surface area contributed by atoms with Crippen LogP contribution in [0.4, 0.5) is 0 Å². The van der Waals surface area contributed by atoms with Gasteiger partial charge in [0.05, 0.1) is 12.0 Å². The summed E-state index contributed by atoms with van der Waals surface area (Å²) in [6.07, 6.45) is 5.01. The van der Waals surface area contributed by atoms with Gasteiger partial charge < -0.3 is 10.4 Å². The van der Waals surface area contributed by atoms with Gasteiger partial charge in [-0.3, -0.25) is 14.3 Å². The zero-order valence-corrected chi connectivity index (χ0v) is 10.3. The first kappa shape index (κ1) is 12.6. The Labute approximate surface area is 105 Å². The number of amides is 1. The summed E-state index contributed by atoms with van der Waals surface area (Å²) in [7, 11) is 1.74. The molecule has 0 unspecified atom stereocenters. The maximum atomic E-state index is 12.0. The van der Waals surface area contributed by atoms with Crippen molar-refractivity contribution in [3.05, 3.63) is 18.0 Å². The van der Waals surface area contributed by atoms with Crippen molar-refractivity contribution >= 4 is 11.9 Å². The van der Waals surface area contributed by atoms with E-state index in [0.717, 1.165) is 25.7 Å². The van der Waals surface area contributed by atoms with E-state index in [2.05, 4.69) is 10.4 Å². The fourth-order valence-electron chi connectivity index (χ4n) is 2.53. The monoisotopic (exact) mass is 251 g/mol. The highest BCUT2D eigenvalue weighted by atomic mass is 16.4. The van der Waals surface area contributed by atoms with E-state index >= 15 is 0 Å². The van der Waals surface area contributed by atoms with Crippen LogP contribution in [-0.2, 0) is 11.8 Å². The largest absolute Gasteiger partial charge is 0.481 e. The topological polar surface area (TPSA) is 84.2 Å². The summed E-state index contributed by atoms with van der Waals surface area (Å²) in [5.41, 5.74) is -0.269. The van der Waals surface area contributed by atoms with E-state index in [9.17, 15) is 9.59 Å². The predicted molar refractivity (Wildman–Crippen MR) is 64.1 cm³/mol. The molecule has 0 saturated heterocycles. The summed E-state index contributed by atoms with van der Waals surface area (Å²) in [5, 5.41) is 15.8. The van der Waals surface area contributed by atoms with Gasteiger partial charge in [0, 0.05) is 13.2 Å². The normalized spacial score (nSPS) is 17.6. The number of hydrogen-bond donors (Lipinski definition) is 2. The lowest BCUT2D eigenvalue weighted by molar-refractivity contribution is -0.138. The number of aromatic nitrogens is 2. The van der Waals surface area contributed by atoms with E-state index in [0.29, 0.717) is 5.69 Å². The highest BCUT2D eigenvalue weighted by Gasteiger charge is 2.37. The van der Waals surface area contributed by atoms with Crippen molar-refractivity contribution in [3.8, 4) is 0 Å². The molecule has 1 amide bonds. The van der Waals surface area contributed by atoms with E-state index in [1.165, 1.54) is 0 Å². The number of aryl methyl sites for hydroxylation is 1. The Morgan fingerprint density at radius 3 is 2.67 bits per heavy atom. The smallest absolute Gasteiger partial charge is 0.305 e. The van der Waals surface area contributed by atoms with E-state index in [1.54, 1.807) is 24.0 Å². The molecule has 1 saturated carbocycles. The number of carbonyl (C=O) groups is 2. The summed E-state index contributed by atoms with van der Waals surface area (Å²) < 4.78 is 1.55. The van der Waals surface area contributed by atoms with E-state index in [1.807, 2.05) is 0 Å². The molecule has 0 aliphatic heterocycles. The van der Waals surface area contributed by atoms with Crippen molar-refractivity contribution in [2.24, 2.45) is 7.05 Å². The molecule has 98 valence electrons. The summed E-state index contributed by atoms with van der Waals surface area (Å²) in [4.78, 5) is 22.9. The number of carbonyl (C=O) groups excluding carboxylic acids is 1. The van der Waals surface area contributed by atoms with Crippen molar-refractivity contribution in [1.82, 2.24) is 15.1 Å². The van der Waals surface area contributed by atoms with Gasteiger partial charge in [-0.1, -0.05) is 12.8 Å². The molecule has 2 rings (SSSR count). The molecule has 6 heteroatoms. The molecule has 1 aromatic heterocycles. The van der Waals surface area contributed by atoms with Crippen molar-refractivity contribution < 1.29 is 14.7 Å². The Morgan fingerprint density at radius 2 is 2.17 bits per heavy atom. The Hall–Kier alpha value is -1.85. The maximum Gasteiger partial charge on any atom is 0.305 e. The molecule has 0 atom stereocenters. The summed E-state index contributed by atoms with van der Waals surface area (Å²) in [6, 6.07) is 1.62. The third kappa shape index (κ3) is 2.69. The fourth-order valence-corrected chi connectivity index (χ4v) is 2.53. The lowest BCUT2D eigenvalue weighted by atomic mass is 9.93. The molecule has 1 fully saturated rings. The van der Waals surface area contributed by atoms with Crippen molar-refractivity contribution in [1.29, 1.82) is 0 Å². The molecule has 2 N–H and O–H groups in total. The molecule has 18 heavy (non-hydrogen) atoms. The molecule has 1 heterocycles. The van der Waals surface area contributed by atoms with Gasteiger partial charge in [0.2, 0.25) is 0 Å². The number of hydrogen-bond acceptors (Lipinski definition) is 3. The first-order valence-corrected chi connectivity index (χ1v) is 6.05. The standard InChI is InChI=1S/C12H17N3O3/c1-15-7-4-9(14-15)11(18)13-12(8-10(16)17)5-2-3-6-12/h4,7H,2-3,5-6,8H2,1H3,(H,13,18)(H,16,17). The second-order valence-corrected chi connectivity index (χ2v) is 4.89. The van der Waals surface area contributed by atoms with Crippen LogP contribution in [0.5, 0.6) is 0 Å². The Bertz CT molecular complexity index is 461. The van der Waals surface area contributed by atoms with Gasteiger partial charge >= 0.3 is 5.97 Å². The van der Waals surface area contributed by atoms with Crippen LogP contribution >= 0.6 is 0 Å². The van der Waals surface area contributed by atoms with Crippen LogP contribution in [0.1, 0.15) is 42.6 Å². The molecule has 0 spiro atoms. The minimum atomic E-state index is -0.877. The minimum Gasteiger partial charge on any atom is -0.481 e. The number of nitrogens with one attached hydrogen (secondary N) is 1. The van der Waals surface area contributed by atoms with Crippen LogP contribution in [0.2, 0.25) is 0 Å². The van der Waals surface area contributed by atoms with Crippen LogP contribution < -0.4 is 5.32 Å². The molecule has 0 aromatic carbocycles. The van der Waals surface area contributed by atoms with Crippen molar-refractivity contribution in [3.63, 3.8) is 0 Å². The number of nitrogens with zero attached hydrogens (tertiary/aromatic N) is 2. The molecular weight excluding hydrogens is 234 g/mol. The highest BCUT2D eigenvalue weighted by Crippen LogP contribution is 2.32. The van der Waals surface area contributed by atoms with Gasteiger partial charge in [-0.15, -0.1) is 0 Å². The molecule has 1 aliphatic carbocycles. The lowest BCUT2D eigenvalue weighted by Gasteiger charge is -2.28. The lowest BCUT2D eigenvalue weighted by Crippen LogP contribution is -2.47. The van der Waals surface area contributed by atoms with Gasteiger partial charge in [-0.05, 0) is 18.9 Å². The van der Waals surface area contributed by atoms with Gasteiger partial charge in [-0.2, -0.15) is 5.10 Å². The number of carboxylic acids is 1. The average molecular weight is 251 g/mol. The fraction of sp³-hybridized carbons (Fsp3) is 0.583. The molecular formula is C12H17N3O3. The highest BCUT2D eigenvalue weighted by molar-refractivity contribution is 5.93. The first-order valence-electron chi connectivity index (χ1n) is 6.05. The van der Waals surface area contributed by atoms with Crippen LogP contribution in [0.3, 0.4) is 0 Å². The summed E-state index contributed by atoms with van der Waals surface area (Å²) in [5.74, 6) is -1.17. The van der Waals surface area contributed by atoms with Crippen LogP contribution in [0.15, 0.2) is 12.3 Å². The van der Waals surface area contributed by atoms with Crippen LogP contribution in [0, 0.1) is 0 Å². The Morgan fingerprint density at radius 1 is 1.50 bits per heavy atom. The number of aliphatic carboxylic acids is 1. The quantitative estimate of drug-likeness (QED) is 0.834. The molecule has 6 nitrogen and oxygen atoms in total. The van der Waals surface area contributed by atoms with Gasteiger partial charge in [-0.25, -0.2) is 0 Å². The predicted octanol–water partition coefficient (Wildman–Crippen LogP) is 0.937. The molecule has 0 radical (unpaired) electrons. The molecule has 1 aromatic rings. The second kappa shape index (κ2) is 4.80. The van der Waals surface area contributed by atoms with Crippen LogP contribution in [-0.4, -0.2) is 32.3 Å². The third-order valence-electron chi connectivity index (χ3n) is 3.38. The third-order valence-corrected chi connectivity index (χ3v) is 3.38. The zero-order chi connectivity index (χ0) is 13.2. The van der Waals surface area contributed by atoms with Crippen molar-refractivity contribution in [2.75, 3.05) is 0 Å². The Balaban J connectivity index is 2.09. The summed E-state index contributed by atoms with van der Waals surface area (Å²) in [6.45, 7) is 0. The van der Waals surface area contributed by atoms with Gasteiger partial charge in [0.25, 0.3) is 5.91 Å². The minimum absolute atomic E-state index is 0.0222. The Kier molecular flexibility index (Phi) is 3.36. The SMILES string of the molecule is Cn1ccc(C(=O)NC2(CC(=O)O)CCCC2)n1. The molecule has 0 bridgehead atoms. The number of rotatable bonds is 4. The van der Waals surface area contributed by atoms with E-state index in [4.69, 9.17) is 5.11 Å². The number of carboxylic acid groups (broad SMARTS) is 1. The maximum absolute atomic E-state index is 12.0. The van der Waals surface area contributed by atoms with Crippen LogP contribution in [0.25, 0.3) is 0 Å². The molecule has 1 aliphatic rings. The van der Waals surface area contributed by atoms with Crippen molar-refractivity contribution in [2.45, 2.75) is 37.6 Å². The van der Waals surface area contributed by atoms with Gasteiger partial charge in [0.1, 0.15) is 5.69 Å². The van der Waals surface area contributed by atoms with E-state index in [-0.39, 0.29) is 12.3 Å². The van der Waals surface area contributed by atoms with E-state index < -0.39 is 11.5 Å². The zero-order valence-electron chi connectivity index (χ0n) is 10.3. The average Bonchev–Trinajstić information content (AvgIpc) is 2.87. The summed E-state index contributed by atoms with van der Waals surface area (Å²) >= 11 is 0. The first-order chi connectivity index (χ1) is 8.51.